The van der Waals surface area contributed by atoms with Crippen molar-refractivity contribution < 1.29 is 14.3 Å². The molecule has 0 fully saturated rings. The summed E-state index contributed by atoms with van der Waals surface area (Å²) in [7, 11) is 4.78. The summed E-state index contributed by atoms with van der Waals surface area (Å²) in [5, 5.41) is 5.15. The van der Waals surface area contributed by atoms with Crippen LogP contribution in [0.15, 0.2) is 36.4 Å². The molecule has 0 saturated heterocycles. The Labute approximate surface area is 118 Å². The highest BCUT2D eigenvalue weighted by Gasteiger charge is 2.34. The van der Waals surface area contributed by atoms with Gasteiger partial charge in [0.15, 0.2) is 0 Å². The first-order valence-corrected chi connectivity index (χ1v) is 6.40. The summed E-state index contributed by atoms with van der Waals surface area (Å²) in [5.41, 5.74) is 0.00703. The molecule has 2 rings (SSSR count). The summed E-state index contributed by atoms with van der Waals surface area (Å²) in [6.45, 7) is 1.81. The molecule has 0 saturated carbocycles. The van der Waals surface area contributed by atoms with Crippen molar-refractivity contribution in [3.63, 3.8) is 0 Å². The van der Waals surface area contributed by atoms with Crippen LogP contribution in [0, 0.1) is 0 Å². The molecule has 1 unspecified atom stereocenters. The van der Waals surface area contributed by atoms with E-state index in [1.54, 1.807) is 14.2 Å². The number of hydrogen-bond donors (Lipinski definition) is 1. The van der Waals surface area contributed by atoms with Gasteiger partial charge in [0, 0.05) is 0 Å². The van der Waals surface area contributed by atoms with Crippen molar-refractivity contribution in [1.82, 2.24) is 5.32 Å². The van der Waals surface area contributed by atoms with E-state index >= 15 is 0 Å². The van der Waals surface area contributed by atoms with Gasteiger partial charge in [0.05, 0.1) is 14.2 Å². The molecule has 106 valence electrons. The van der Waals surface area contributed by atoms with E-state index in [9.17, 15) is 4.79 Å². The lowest BCUT2D eigenvalue weighted by atomic mass is 9.90. The van der Waals surface area contributed by atoms with Crippen molar-refractivity contribution in [3.05, 3.63) is 42.0 Å². The van der Waals surface area contributed by atoms with E-state index in [-0.39, 0.29) is 5.97 Å². The average Bonchev–Trinajstić information content (AvgIpc) is 2.52. The minimum atomic E-state index is -0.858. The number of likely N-dealkylation sites (N-methyl/N-ethyl adjacent to an activating group) is 1. The Hall–Kier alpha value is -2.07. The van der Waals surface area contributed by atoms with Crippen molar-refractivity contribution in [2.45, 2.75) is 12.5 Å². The van der Waals surface area contributed by atoms with Crippen molar-refractivity contribution >= 4 is 16.7 Å². The van der Waals surface area contributed by atoms with Gasteiger partial charge in [-0.3, -0.25) is 0 Å². The topological polar surface area (TPSA) is 47.6 Å². The van der Waals surface area contributed by atoms with Crippen LogP contribution in [0.2, 0.25) is 0 Å². The van der Waals surface area contributed by atoms with Crippen LogP contribution in [0.25, 0.3) is 10.8 Å². The fourth-order valence-electron chi connectivity index (χ4n) is 2.23. The first-order chi connectivity index (χ1) is 9.55. The zero-order valence-corrected chi connectivity index (χ0v) is 12.2. The SMILES string of the molecule is CNC(C)(C(=O)OC)c1ccc2cc(OC)ccc2c1. The van der Waals surface area contributed by atoms with E-state index in [1.807, 2.05) is 43.3 Å². The van der Waals surface area contributed by atoms with Crippen molar-refractivity contribution in [3.8, 4) is 5.75 Å². The maximum absolute atomic E-state index is 12.0. The lowest BCUT2D eigenvalue weighted by Gasteiger charge is -2.26. The molecule has 1 atom stereocenters. The second kappa shape index (κ2) is 5.51. The number of rotatable bonds is 4. The maximum atomic E-state index is 12.0. The first-order valence-electron chi connectivity index (χ1n) is 6.40. The first kappa shape index (κ1) is 14.3. The second-order valence-electron chi connectivity index (χ2n) is 4.79. The Morgan fingerprint density at radius 1 is 1.10 bits per heavy atom. The van der Waals surface area contributed by atoms with E-state index in [0.717, 1.165) is 22.1 Å². The third kappa shape index (κ3) is 2.34. The normalized spacial score (nSPS) is 13.8. The number of benzene rings is 2. The minimum absolute atomic E-state index is 0.312. The average molecular weight is 273 g/mol. The van der Waals surface area contributed by atoms with Crippen molar-refractivity contribution in [2.75, 3.05) is 21.3 Å². The highest BCUT2D eigenvalue weighted by atomic mass is 16.5. The Morgan fingerprint density at radius 2 is 1.75 bits per heavy atom. The lowest BCUT2D eigenvalue weighted by Crippen LogP contribution is -2.45. The molecular formula is C16H19NO3. The van der Waals surface area contributed by atoms with Gasteiger partial charge in [-0.05, 0) is 48.5 Å². The highest BCUT2D eigenvalue weighted by Crippen LogP contribution is 2.27. The van der Waals surface area contributed by atoms with E-state index in [0.29, 0.717) is 0 Å². The van der Waals surface area contributed by atoms with Gasteiger partial charge in [-0.25, -0.2) is 4.79 Å². The molecule has 20 heavy (non-hydrogen) atoms. The summed E-state index contributed by atoms with van der Waals surface area (Å²) < 4.78 is 10.1. The standard InChI is InChI=1S/C16H19NO3/c1-16(17-2,15(18)20-4)13-7-5-12-10-14(19-3)8-6-11(12)9-13/h5-10,17H,1-4H3. The zero-order chi connectivity index (χ0) is 14.8. The van der Waals surface area contributed by atoms with Crippen molar-refractivity contribution in [2.24, 2.45) is 0 Å². The summed E-state index contributed by atoms with van der Waals surface area (Å²) in [5.74, 6) is 0.502. The van der Waals surface area contributed by atoms with E-state index in [2.05, 4.69) is 5.32 Å². The van der Waals surface area contributed by atoms with Crippen LogP contribution in [0.3, 0.4) is 0 Å². The van der Waals surface area contributed by atoms with Gasteiger partial charge in [-0.2, -0.15) is 0 Å². The quantitative estimate of drug-likeness (QED) is 0.869. The van der Waals surface area contributed by atoms with Gasteiger partial charge in [-0.15, -0.1) is 0 Å². The van der Waals surface area contributed by atoms with Crippen LogP contribution in [0.5, 0.6) is 5.75 Å². The number of methoxy groups -OCH3 is 2. The minimum Gasteiger partial charge on any atom is -0.497 e. The van der Waals surface area contributed by atoms with Gasteiger partial charge in [-0.1, -0.05) is 18.2 Å². The van der Waals surface area contributed by atoms with Gasteiger partial charge >= 0.3 is 5.97 Å². The number of hydrogen-bond acceptors (Lipinski definition) is 4. The number of carbonyl (C=O) groups excluding carboxylic acids is 1. The Morgan fingerprint density at radius 3 is 2.35 bits per heavy atom. The molecule has 4 heteroatoms. The summed E-state index contributed by atoms with van der Waals surface area (Å²) in [6, 6.07) is 11.7. The monoisotopic (exact) mass is 273 g/mol. The maximum Gasteiger partial charge on any atom is 0.330 e. The summed E-state index contributed by atoms with van der Waals surface area (Å²) >= 11 is 0. The molecule has 4 nitrogen and oxygen atoms in total. The molecule has 0 radical (unpaired) electrons. The fraction of sp³-hybridized carbons (Fsp3) is 0.312. The van der Waals surface area contributed by atoms with E-state index in [4.69, 9.17) is 9.47 Å². The Bertz CT molecular complexity index is 639. The molecule has 0 aliphatic carbocycles. The second-order valence-corrected chi connectivity index (χ2v) is 4.79. The third-order valence-corrected chi connectivity index (χ3v) is 3.72. The zero-order valence-electron chi connectivity index (χ0n) is 12.2. The van der Waals surface area contributed by atoms with Crippen LogP contribution < -0.4 is 10.1 Å². The van der Waals surface area contributed by atoms with Crippen LogP contribution in [-0.4, -0.2) is 27.2 Å². The van der Waals surface area contributed by atoms with Crippen LogP contribution in [0.1, 0.15) is 12.5 Å². The smallest absolute Gasteiger partial charge is 0.330 e. The molecule has 2 aromatic rings. The molecule has 0 aromatic heterocycles. The highest BCUT2D eigenvalue weighted by molar-refractivity contribution is 5.88. The molecule has 0 aliphatic rings. The van der Waals surface area contributed by atoms with Crippen LogP contribution >= 0.6 is 0 Å². The molecule has 1 N–H and O–H groups in total. The van der Waals surface area contributed by atoms with Crippen LogP contribution in [0.4, 0.5) is 0 Å². The largest absolute Gasteiger partial charge is 0.497 e. The predicted molar refractivity (Wildman–Crippen MR) is 78.9 cm³/mol. The lowest BCUT2D eigenvalue weighted by molar-refractivity contribution is -0.148. The number of nitrogens with one attached hydrogen (secondary N) is 1. The Kier molecular flexibility index (Phi) is 3.95. The predicted octanol–water partition coefficient (Wildman–Crippen LogP) is 2.46. The molecule has 0 spiro atoms. The number of ether oxygens (including phenoxy) is 2. The van der Waals surface area contributed by atoms with Crippen molar-refractivity contribution in [1.29, 1.82) is 0 Å². The fourth-order valence-corrected chi connectivity index (χ4v) is 2.23. The third-order valence-electron chi connectivity index (χ3n) is 3.72. The van der Waals surface area contributed by atoms with E-state index < -0.39 is 5.54 Å². The van der Waals surface area contributed by atoms with Crippen LogP contribution in [-0.2, 0) is 15.1 Å². The molecule has 0 amide bonds. The molecule has 0 aliphatic heterocycles. The number of carbonyl (C=O) groups is 1. The van der Waals surface area contributed by atoms with Gasteiger partial charge in [0.1, 0.15) is 11.3 Å². The Balaban J connectivity index is 2.53. The molecule has 2 aromatic carbocycles. The van der Waals surface area contributed by atoms with Gasteiger partial charge in [0.25, 0.3) is 0 Å². The number of esters is 1. The molecule has 0 bridgehead atoms. The summed E-state index contributed by atoms with van der Waals surface area (Å²) in [6.07, 6.45) is 0. The van der Waals surface area contributed by atoms with E-state index in [1.165, 1.54) is 7.11 Å². The molecule has 0 heterocycles. The van der Waals surface area contributed by atoms with Gasteiger partial charge in [0.2, 0.25) is 0 Å². The number of fused-ring (bicyclic) bond motifs is 1. The summed E-state index contributed by atoms with van der Waals surface area (Å²) in [4.78, 5) is 12.0. The van der Waals surface area contributed by atoms with Gasteiger partial charge < -0.3 is 14.8 Å². The molecular weight excluding hydrogens is 254 g/mol.